The van der Waals surface area contributed by atoms with Gasteiger partial charge in [-0.2, -0.15) is 0 Å². The van der Waals surface area contributed by atoms with Gasteiger partial charge in [-0.25, -0.2) is 4.79 Å². The minimum atomic E-state index is -0.897. The van der Waals surface area contributed by atoms with E-state index in [4.69, 9.17) is 17.6 Å². The highest BCUT2D eigenvalue weighted by atomic mass is 16.6. The van der Waals surface area contributed by atoms with Crippen LogP contribution in [0.2, 0.25) is 0 Å². The fraction of sp³-hybridized carbons (Fsp3) is 0.611. The maximum atomic E-state index is 12.2. The van der Waals surface area contributed by atoms with Crippen molar-refractivity contribution in [2.75, 3.05) is 13.1 Å². The van der Waals surface area contributed by atoms with E-state index in [1.807, 2.05) is 0 Å². The number of carbonyl (C=O) groups is 3. The second-order valence-corrected chi connectivity index (χ2v) is 6.29. The Hall–Kier alpha value is -2.67. The van der Waals surface area contributed by atoms with Crippen LogP contribution in [0.5, 0.6) is 0 Å². The quantitative estimate of drug-likeness (QED) is 0.426. The highest BCUT2D eigenvalue weighted by Crippen LogP contribution is 2.08. The topological polar surface area (TPSA) is 96.5 Å². The van der Waals surface area contributed by atoms with Crippen LogP contribution in [0.4, 0.5) is 4.79 Å². The third-order valence-electron chi connectivity index (χ3n) is 2.83. The Morgan fingerprint density at radius 3 is 2.12 bits per heavy atom. The van der Waals surface area contributed by atoms with Gasteiger partial charge in [-0.3, -0.25) is 9.59 Å². The first-order chi connectivity index (χ1) is 11.7. The van der Waals surface area contributed by atoms with Crippen LogP contribution in [-0.4, -0.2) is 42.6 Å². The van der Waals surface area contributed by atoms with Crippen LogP contribution < -0.4 is 16.0 Å². The van der Waals surface area contributed by atoms with Gasteiger partial charge in [-0.1, -0.05) is 0 Å². The molecule has 25 heavy (non-hydrogen) atoms. The summed E-state index contributed by atoms with van der Waals surface area (Å²) >= 11 is 0. The molecule has 7 nitrogen and oxygen atoms in total. The second-order valence-electron chi connectivity index (χ2n) is 6.29. The molecule has 1 atom stereocenters. The molecule has 0 radical (unpaired) electrons. The van der Waals surface area contributed by atoms with Gasteiger partial charge < -0.3 is 20.7 Å². The van der Waals surface area contributed by atoms with Gasteiger partial charge in [0, 0.05) is 32.4 Å². The first kappa shape index (κ1) is 22.3. The number of terminal acetylenes is 2. The van der Waals surface area contributed by atoms with E-state index in [0.29, 0.717) is 19.4 Å². The summed E-state index contributed by atoms with van der Waals surface area (Å²) in [5.74, 6) is 4.15. The molecule has 0 aromatic rings. The maximum Gasteiger partial charge on any atom is 0.408 e. The molecule has 0 aromatic heterocycles. The SMILES string of the molecule is C#CCCNC(=O)CC[C@@H](NC(=O)OC(C)(C)C)C(=O)NCCC#C. The van der Waals surface area contributed by atoms with Gasteiger partial charge in [-0.05, 0) is 27.2 Å². The molecular formula is C18H27N3O4. The van der Waals surface area contributed by atoms with E-state index < -0.39 is 23.6 Å². The summed E-state index contributed by atoms with van der Waals surface area (Å²) in [5, 5.41) is 7.74. The first-order valence-corrected chi connectivity index (χ1v) is 8.10. The Morgan fingerprint density at radius 1 is 1.04 bits per heavy atom. The molecule has 0 aromatic carbocycles. The van der Waals surface area contributed by atoms with E-state index in [2.05, 4.69) is 27.8 Å². The highest BCUT2D eigenvalue weighted by Gasteiger charge is 2.24. The lowest BCUT2D eigenvalue weighted by Gasteiger charge is -2.23. The third-order valence-corrected chi connectivity index (χ3v) is 2.83. The van der Waals surface area contributed by atoms with Crippen LogP contribution in [0, 0.1) is 24.7 Å². The number of hydrogen-bond donors (Lipinski definition) is 3. The van der Waals surface area contributed by atoms with E-state index in [1.165, 1.54) is 0 Å². The molecule has 7 heteroatoms. The van der Waals surface area contributed by atoms with Crippen LogP contribution in [0.25, 0.3) is 0 Å². The van der Waals surface area contributed by atoms with Crippen molar-refractivity contribution in [3.05, 3.63) is 0 Å². The number of nitrogens with one attached hydrogen (secondary N) is 3. The largest absolute Gasteiger partial charge is 0.444 e. The Kier molecular flexibility index (Phi) is 10.5. The molecule has 0 aliphatic rings. The van der Waals surface area contributed by atoms with Gasteiger partial charge in [-0.15, -0.1) is 24.7 Å². The minimum absolute atomic E-state index is 0.0631. The molecule has 0 aliphatic carbocycles. The Balaban J connectivity index is 4.64. The number of amides is 3. The molecule has 0 saturated heterocycles. The summed E-state index contributed by atoms with van der Waals surface area (Å²) < 4.78 is 5.15. The lowest BCUT2D eigenvalue weighted by molar-refractivity contribution is -0.124. The highest BCUT2D eigenvalue weighted by molar-refractivity contribution is 5.86. The summed E-state index contributed by atoms with van der Waals surface area (Å²) in [6.07, 6.45) is 10.5. The monoisotopic (exact) mass is 349 g/mol. The molecular weight excluding hydrogens is 322 g/mol. The third kappa shape index (κ3) is 12.4. The van der Waals surface area contributed by atoms with Crippen LogP contribution in [0.1, 0.15) is 46.5 Å². The summed E-state index contributed by atoms with van der Waals surface area (Å²) in [6.45, 7) is 5.80. The lowest BCUT2D eigenvalue weighted by Crippen LogP contribution is -2.48. The second kappa shape index (κ2) is 11.8. The normalized spacial score (nSPS) is 11.4. The van der Waals surface area contributed by atoms with Gasteiger partial charge in [0.05, 0.1) is 0 Å². The summed E-state index contributed by atoms with van der Waals surface area (Å²) in [4.78, 5) is 35.8. The zero-order chi connectivity index (χ0) is 19.3. The first-order valence-electron chi connectivity index (χ1n) is 8.10. The van der Waals surface area contributed by atoms with Crippen molar-refractivity contribution in [2.24, 2.45) is 0 Å². The predicted octanol–water partition coefficient (Wildman–Crippen LogP) is 0.939. The molecule has 0 spiro atoms. The van der Waals surface area contributed by atoms with Crippen molar-refractivity contribution >= 4 is 17.9 Å². The number of alkyl carbamates (subject to hydrolysis) is 1. The zero-order valence-corrected chi connectivity index (χ0v) is 15.1. The average molecular weight is 349 g/mol. The number of carbonyl (C=O) groups excluding carboxylic acids is 3. The number of ether oxygens (including phenoxy) is 1. The summed E-state index contributed by atoms with van der Waals surface area (Å²) in [6, 6.07) is -0.897. The fourth-order valence-corrected chi connectivity index (χ4v) is 1.74. The molecule has 0 fully saturated rings. The Labute approximate surface area is 149 Å². The summed E-state index contributed by atoms with van der Waals surface area (Å²) in [7, 11) is 0. The smallest absolute Gasteiger partial charge is 0.408 e. The number of hydrogen-bond acceptors (Lipinski definition) is 4. The van der Waals surface area contributed by atoms with Crippen molar-refractivity contribution in [1.82, 2.24) is 16.0 Å². The maximum absolute atomic E-state index is 12.2. The van der Waals surface area contributed by atoms with Gasteiger partial charge in [0.25, 0.3) is 0 Å². The standard InChI is InChI=1S/C18H27N3O4/c1-6-8-12-19-15(22)11-10-14(16(23)20-13-9-7-2)21-17(24)25-18(3,4)5/h1-2,14H,8-13H2,3-5H3,(H,19,22)(H,20,23)(H,21,24)/t14-/m1/s1. The molecule has 3 amide bonds. The van der Waals surface area contributed by atoms with Crippen LogP contribution in [0.15, 0.2) is 0 Å². The molecule has 0 unspecified atom stereocenters. The Bertz CT molecular complexity index is 538. The van der Waals surface area contributed by atoms with Crippen LogP contribution in [0.3, 0.4) is 0 Å². The van der Waals surface area contributed by atoms with Crippen molar-refractivity contribution in [2.45, 2.75) is 58.1 Å². The Morgan fingerprint density at radius 2 is 1.60 bits per heavy atom. The van der Waals surface area contributed by atoms with E-state index >= 15 is 0 Å². The van der Waals surface area contributed by atoms with E-state index in [9.17, 15) is 14.4 Å². The van der Waals surface area contributed by atoms with Crippen LogP contribution >= 0.6 is 0 Å². The van der Waals surface area contributed by atoms with E-state index in [1.54, 1.807) is 20.8 Å². The van der Waals surface area contributed by atoms with Crippen molar-refractivity contribution < 1.29 is 19.1 Å². The van der Waals surface area contributed by atoms with E-state index in [-0.39, 0.29) is 25.3 Å². The number of rotatable bonds is 9. The summed E-state index contributed by atoms with van der Waals surface area (Å²) in [5.41, 5.74) is -0.693. The minimum Gasteiger partial charge on any atom is -0.444 e. The van der Waals surface area contributed by atoms with Crippen LogP contribution in [-0.2, 0) is 14.3 Å². The van der Waals surface area contributed by atoms with Gasteiger partial charge >= 0.3 is 6.09 Å². The molecule has 0 rings (SSSR count). The molecule has 0 saturated carbocycles. The fourth-order valence-electron chi connectivity index (χ4n) is 1.74. The van der Waals surface area contributed by atoms with Crippen molar-refractivity contribution in [1.29, 1.82) is 0 Å². The van der Waals surface area contributed by atoms with E-state index in [0.717, 1.165) is 0 Å². The van der Waals surface area contributed by atoms with Crippen molar-refractivity contribution in [3.8, 4) is 24.7 Å². The molecule has 0 aliphatic heterocycles. The van der Waals surface area contributed by atoms with Crippen molar-refractivity contribution in [3.63, 3.8) is 0 Å². The molecule has 138 valence electrons. The van der Waals surface area contributed by atoms with Gasteiger partial charge in [0.1, 0.15) is 11.6 Å². The average Bonchev–Trinajstić information content (AvgIpc) is 2.50. The molecule has 0 bridgehead atoms. The van der Waals surface area contributed by atoms with Gasteiger partial charge in [0.15, 0.2) is 0 Å². The molecule has 3 N–H and O–H groups in total. The zero-order valence-electron chi connectivity index (χ0n) is 15.1. The molecule has 0 heterocycles. The lowest BCUT2D eigenvalue weighted by atomic mass is 10.1. The predicted molar refractivity (Wildman–Crippen MR) is 95.3 cm³/mol. The van der Waals surface area contributed by atoms with Gasteiger partial charge in [0.2, 0.25) is 11.8 Å².